The standard InChI is InChI=1S/C27H30N2O2/c1-20(29-18-16-22(17-19-29)21-12-14-25(30)15-13-21)27(31)28-26(23-8-4-2-5-9-23)24-10-6-3-7-11-24/h2-15,20,22,26,30H,16-19H2,1H3,(H,28,31). The van der Waals surface area contributed by atoms with E-state index in [2.05, 4.69) is 34.5 Å². The normalized spacial score (nSPS) is 16.2. The first kappa shape index (κ1) is 21.1. The highest BCUT2D eigenvalue weighted by molar-refractivity contribution is 5.82. The van der Waals surface area contributed by atoms with Crippen LogP contribution in [0.5, 0.6) is 5.75 Å². The first-order chi connectivity index (χ1) is 15.1. The zero-order valence-electron chi connectivity index (χ0n) is 17.9. The summed E-state index contributed by atoms with van der Waals surface area (Å²) in [5.74, 6) is 0.840. The number of likely N-dealkylation sites (tertiary alicyclic amines) is 1. The van der Waals surface area contributed by atoms with Crippen LogP contribution < -0.4 is 5.32 Å². The molecule has 3 aromatic carbocycles. The SMILES string of the molecule is CC(C(=O)NC(c1ccccc1)c1ccccc1)N1CCC(c2ccc(O)cc2)CC1. The van der Waals surface area contributed by atoms with Gasteiger partial charge in [0.2, 0.25) is 5.91 Å². The number of hydrogen-bond acceptors (Lipinski definition) is 3. The molecule has 1 amide bonds. The van der Waals surface area contributed by atoms with Crippen LogP contribution in [-0.2, 0) is 4.79 Å². The number of phenolic OH excluding ortho intramolecular Hbond substituents is 1. The van der Waals surface area contributed by atoms with E-state index in [1.807, 2.05) is 55.5 Å². The van der Waals surface area contributed by atoms with Crippen LogP contribution in [0.4, 0.5) is 0 Å². The molecule has 1 fully saturated rings. The second kappa shape index (κ2) is 9.80. The molecule has 1 saturated heterocycles. The molecule has 0 saturated carbocycles. The Labute approximate surface area is 184 Å². The number of nitrogens with zero attached hydrogens (tertiary/aromatic N) is 1. The lowest BCUT2D eigenvalue weighted by atomic mass is 9.89. The second-order valence-corrected chi connectivity index (χ2v) is 8.34. The zero-order valence-corrected chi connectivity index (χ0v) is 17.9. The molecule has 4 nitrogen and oxygen atoms in total. The van der Waals surface area contributed by atoms with Crippen molar-refractivity contribution in [2.45, 2.75) is 37.8 Å². The first-order valence-corrected chi connectivity index (χ1v) is 11.0. The average Bonchev–Trinajstić information content (AvgIpc) is 2.83. The number of phenols is 1. The third-order valence-electron chi connectivity index (χ3n) is 6.37. The van der Waals surface area contributed by atoms with Gasteiger partial charge in [0.1, 0.15) is 5.75 Å². The molecule has 1 heterocycles. The van der Waals surface area contributed by atoms with E-state index in [0.717, 1.165) is 37.1 Å². The summed E-state index contributed by atoms with van der Waals surface area (Å²) in [5.41, 5.74) is 3.43. The number of benzene rings is 3. The Balaban J connectivity index is 1.41. The number of carbonyl (C=O) groups excluding carboxylic acids is 1. The van der Waals surface area contributed by atoms with E-state index in [9.17, 15) is 9.90 Å². The number of nitrogens with one attached hydrogen (secondary N) is 1. The van der Waals surface area contributed by atoms with Crippen LogP contribution in [0.25, 0.3) is 0 Å². The Morgan fingerprint density at radius 3 is 1.90 bits per heavy atom. The summed E-state index contributed by atoms with van der Waals surface area (Å²) in [7, 11) is 0. The Morgan fingerprint density at radius 1 is 0.871 bits per heavy atom. The number of rotatable bonds is 6. The Morgan fingerprint density at radius 2 is 1.39 bits per heavy atom. The number of piperidine rings is 1. The van der Waals surface area contributed by atoms with Crippen molar-refractivity contribution in [2.24, 2.45) is 0 Å². The molecular formula is C27H30N2O2. The molecule has 3 aromatic rings. The molecule has 1 unspecified atom stereocenters. The minimum absolute atomic E-state index is 0.0563. The van der Waals surface area contributed by atoms with Crippen molar-refractivity contribution in [3.05, 3.63) is 102 Å². The van der Waals surface area contributed by atoms with Crippen LogP contribution in [0.15, 0.2) is 84.9 Å². The lowest BCUT2D eigenvalue weighted by Gasteiger charge is -2.36. The molecule has 0 aromatic heterocycles. The maximum Gasteiger partial charge on any atom is 0.237 e. The minimum atomic E-state index is -0.185. The molecule has 0 spiro atoms. The molecule has 0 bridgehead atoms. The smallest absolute Gasteiger partial charge is 0.237 e. The predicted octanol–water partition coefficient (Wildman–Crippen LogP) is 4.87. The van der Waals surface area contributed by atoms with Gasteiger partial charge in [-0.15, -0.1) is 0 Å². The zero-order chi connectivity index (χ0) is 21.6. The lowest BCUT2D eigenvalue weighted by molar-refractivity contribution is -0.126. The Kier molecular flexibility index (Phi) is 6.68. The average molecular weight is 415 g/mol. The monoisotopic (exact) mass is 414 g/mol. The van der Waals surface area contributed by atoms with Crippen molar-refractivity contribution in [3.63, 3.8) is 0 Å². The summed E-state index contributed by atoms with van der Waals surface area (Å²) in [4.78, 5) is 15.5. The lowest BCUT2D eigenvalue weighted by Crippen LogP contribution is -2.48. The van der Waals surface area contributed by atoms with E-state index < -0.39 is 0 Å². The van der Waals surface area contributed by atoms with Crippen molar-refractivity contribution in [1.82, 2.24) is 10.2 Å². The van der Waals surface area contributed by atoms with Gasteiger partial charge in [-0.2, -0.15) is 0 Å². The van der Waals surface area contributed by atoms with Crippen LogP contribution in [0, 0.1) is 0 Å². The number of amides is 1. The summed E-state index contributed by atoms with van der Waals surface area (Å²) in [5, 5.41) is 12.8. The highest BCUT2D eigenvalue weighted by Crippen LogP contribution is 2.30. The highest BCUT2D eigenvalue weighted by Gasteiger charge is 2.29. The Hall–Kier alpha value is -3.11. The quantitative estimate of drug-likeness (QED) is 0.605. The second-order valence-electron chi connectivity index (χ2n) is 8.34. The van der Waals surface area contributed by atoms with E-state index >= 15 is 0 Å². The van der Waals surface area contributed by atoms with Gasteiger partial charge in [-0.3, -0.25) is 9.69 Å². The summed E-state index contributed by atoms with van der Waals surface area (Å²) >= 11 is 0. The van der Waals surface area contributed by atoms with Crippen LogP contribution in [-0.4, -0.2) is 35.0 Å². The maximum absolute atomic E-state index is 13.2. The topological polar surface area (TPSA) is 52.6 Å². The Bertz CT molecular complexity index is 926. The third-order valence-corrected chi connectivity index (χ3v) is 6.37. The predicted molar refractivity (Wildman–Crippen MR) is 124 cm³/mol. The van der Waals surface area contributed by atoms with Crippen LogP contribution in [0.3, 0.4) is 0 Å². The first-order valence-electron chi connectivity index (χ1n) is 11.0. The minimum Gasteiger partial charge on any atom is -0.508 e. The summed E-state index contributed by atoms with van der Waals surface area (Å²) in [6.07, 6.45) is 2.03. The van der Waals surface area contributed by atoms with Gasteiger partial charge in [0.15, 0.2) is 0 Å². The van der Waals surface area contributed by atoms with Gasteiger partial charge in [-0.25, -0.2) is 0 Å². The maximum atomic E-state index is 13.2. The van der Waals surface area contributed by atoms with Crippen molar-refractivity contribution < 1.29 is 9.90 Å². The van der Waals surface area contributed by atoms with Crippen LogP contribution in [0.1, 0.15) is 48.4 Å². The highest BCUT2D eigenvalue weighted by atomic mass is 16.3. The fraction of sp³-hybridized carbons (Fsp3) is 0.296. The molecule has 4 rings (SSSR count). The number of hydrogen-bond donors (Lipinski definition) is 2. The summed E-state index contributed by atoms with van der Waals surface area (Å²) in [6, 6.07) is 27.5. The van der Waals surface area contributed by atoms with Gasteiger partial charge in [0, 0.05) is 0 Å². The van der Waals surface area contributed by atoms with Gasteiger partial charge in [-0.1, -0.05) is 72.8 Å². The van der Waals surface area contributed by atoms with Gasteiger partial charge in [-0.05, 0) is 67.6 Å². The molecule has 2 N–H and O–H groups in total. The number of aromatic hydroxyl groups is 1. The van der Waals surface area contributed by atoms with Gasteiger partial charge in [0.25, 0.3) is 0 Å². The molecule has 4 heteroatoms. The van der Waals surface area contributed by atoms with Crippen LogP contribution in [0.2, 0.25) is 0 Å². The molecular weight excluding hydrogens is 384 g/mol. The van der Waals surface area contributed by atoms with Crippen molar-refractivity contribution in [1.29, 1.82) is 0 Å². The van der Waals surface area contributed by atoms with Crippen molar-refractivity contribution >= 4 is 5.91 Å². The molecule has 0 radical (unpaired) electrons. The van der Waals surface area contributed by atoms with Gasteiger partial charge < -0.3 is 10.4 Å². The van der Waals surface area contributed by atoms with Crippen molar-refractivity contribution in [2.75, 3.05) is 13.1 Å². The molecule has 1 aliphatic heterocycles. The van der Waals surface area contributed by atoms with Gasteiger partial charge >= 0.3 is 0 Å². The van der Waals surface area contributed by atoms with E-state index in [-0.39, 0.29) is 18.0 Å². The molecule has 160 valence electrons. The fourth-order valence-corrected chi connectivity index (χ4v) is 4.45. The van der Waals surface area contributed by atoms with Gasteiger partial charge in [0.05, 0.1) is 12.1 Å². The largest absolute Gasteiger partial charge is 0.508 e. The van der Waals surface area contributed by atoms with E-state index in [1.165, 1.54) is 5.56 Å². The number of carbonyl (C=O) groups is 1. The molecule has 1 aliphatic rings. The summed E-state index contributed by atoms with van der Waals surface area (Å²) in [6.45, 7) is 3.78. The van der Waals surface area contributed by atoms with E-state index in [0.29, 0.717) is 11.7 Å². The fourth-order valence-electron chi connectivity index (χ4n) is 4.45. The van der Waals surface area contributed by atoms with E-state index in [1.54, 1.807) is 12.1 Å². The molecule has 31 heavy (non-hydrogen) atoms. The summed E-state index contributed by atoms with van der Waals surface area (Å²) < 4.78 is 0. The van der Waals surface area contributed by atoms with Crippen molar-refractivity contribution in [3.8, 4) is 5.75 Å². The molecule has 1 atom stereocenters. The van der Waals surface area contributed by atoms with Crippen LogP contribution >= 0.6 is 0 Å². The third kappa shape index (κ3) is 5.15. The van der Waals surface area contributed by atoms with E-state index in [4.69, 9.17) is 0 Å². The molecule has 0 aliphatic carbocycles.